The highest BCUT2D eigenvalue weighted by atomic mass is 32.2. The van der Waals surface area contributed by atoms with E-state index >= 15 is 0 Å². The van der Waals surface area contributed by atoms with Gasteiger partial charge in [0.05, 0.1) is 21.6 Å². The zero-order valence-electron chi connectivity index (χ0n) is 22.2. The second-order valence-electron chi connectivity index (χ2n) is 10.6. The number of carbonyl (C=O) groups is 1. The van der Waals surface area contributed by atoms with Crippen LogP contribution in [0, 0.1) is 5.92 Å². The molecule has 0 bridgehead atoms. The lowest BCUT2D eigenvalue weighted by Crippen LogP contribution is -2.43. The van der Waals surface area contributed by atoms with E-state index in [1.807, 2.05) is 20.8 Å². The number of hydrogen-bond donors (Lipinski definition) is 2. The van der Waals surface area contributed by atoms with Gasteiger partial charge in [-0.1, -0.05) is 0 Å². The van der Waals surface area contributed by atoms with E-state index in [4.69, 9.17) is 4.74 Å². The minimum absolute atomic E-state index is 0.0250. The van der Waals surface area contributed by atoms with Crippen LogP contribution < -0.4 is 14.9 Å². The molecule has 4 rings (SSSR count). The number of nitrogens with one attached hydrogen (secondary N) is 2. The summed E-state index contributed by atoms with van der Waals surface area (Å²) in [6, 6.07) is 9.46. The normalized spacial score (nSPS) is 15.4. The van der Waals surface area contributed by atoms with Crippen molar-refractivity contribution >= 4 is 38.5 Å². The van der Waals surface area contributed by atoms with Gasteiger partial charge >= 0.3 is 12.2 Å². The van der Waals surface area contributed by atoms with E-state index in [0.29, 0.717) is 31.7 Å². The predicted octanol–water partition coefficient (Wildman–Crippen LogP) is 5.23. The number of ether oxygens (including phenoxy) is 1. The average Bonchev–Trinajstić information content (AvgIpc) is 3.21. The van der Waals surface area contributed by atoms with Crippen molar-refractivity contribution < 1.29 is 31.1 Å². The summed E-state index contributed by atoms with van der Waals surface area (Å²) in [5.74, 6) is -0.984. The van der Waals surface area contributed by atoms with Crippen LogP contribution in [0.4, 0.5) is 29.3 Å². The smallest absolute Gasteiger partial charge is 0.381 e. The van der Waals surface area contributed by atoms with E-state index in [1.165, 1.54) is 54.1 Å². The minimum Gasteiger partial charge on any atom is -0.381 e. The van der Waals surface area contributed by atoms with Crippen molar-refractivity contribution in [3.63, 3.8) is 0 Å². The largest absolute Gasteiger partial charge is 0.449 e. The number of halogens is 3. The lowest BCUT2D eigenvalue weighted by atomic mass is 10.0. The number of nitrogens with zero attached hydrogens (tertiary/aromatic N) is 3. The number of alkyl halides is 3. The Morgan fingerprint density at radius 1 is 1.10 bits per heavy atom. The van der Waals surface area contributed by atoms with Crippen molar-refractivity contribution in [2.24, 2.45) is 5.92 Å². The van der Waals surface area contributed by atoms with Crippen LogP contribution in [-0.2, 0) is 27.5 Å². The fourth-order valence-corrected chi connectivity index (χ4v) is 5.60. The topological polar surface area (TPSA) is 106 Å². The van der Waals surface area contributed by atoms with Gasteiger partial charge in [-0.15, -0.1) is 0 Å². The van der Waals surface area contributed by atoms with Crippen LogP contribution in [0.5, 0.6) is 0 Å². The van der Waals surface area contributed by atoms with Gasteiger partial charge in [-0.05, 0) is 82.0 Å². The molecule has 2 heterocycles. The molecule has 0 unspecified atom stereocenters. The summed E-state index contributed by atoms with van der Waals surface area (Å²) in [5, 5.41) is 5.38. The first-order valence-corrected chi connectivity index (χ1v) is 13.9. The van der Waals surface area contributed by atoms with Crippen LogP contribution in [0.2, 0.25) is 0 Å². The van der Waals surface area contributed by atoms with Gasteiger partial charge in [-0.3, -0.25) is 4.31 Å². The first-order valence-electron chi connectivity index (χ1n) is 12.5. The summed E-state index contributed by atoms with van der Waals surface area (Å²) in [7, 11) is -2.73. The zero-order chi connectivity index (χ0) is 28.6. The average molecular weight is 568 g/mol. The molecule has 1 fully saturated rings. The summed E-state index contributed by atoms with van der Waals surface area (Å²) in [6.45, 7) is 6.65. The second-order valence-corrected chi connectivity index (χ2v) is 12.6. The number of fused-ring (bicyclic) bond motifs is 1. The van der Waals surface area contributed by atoms with Crippen LogP contribution in [0.3, 0.4) is 0 Å². The van der Waals surface area contributed by atoms with Crippen molar-refractivity contribution in [1.82, 2.24) is 14.9 Å². The van der Waals surface area contributed by atoms with Gasteiger partial charge in [0.15, 0.2) is 0 Å². The molecule has 1 saturated heterocycles. The summed E-state index contributed by atoms with van der Waals surface area (Å²) in [5.41, 5.74) is 0.456. The molecular weight excluding hydrogens is 535 g/mol. The number of amides is 2. The van der Waals surface area contributed by atoms with Gasteiger partial charge in [0.25, 0.3) is 10.0 Å². The molecule has 1 aliphatic rings. The Morgan fingerprint density at radius 2 is 1.74 bits per heavy atom. The Balaban J connectivity index is 1.59. The van der Waals surface area contributed by atoms with Crippen LogP contribution in [0.25, 0.3) is 11.0 Å². The molecule has 2 aromatic carbocycles. The molecule has 0 saturated carbocycles. The highest BCUT2D eigenvalue weighted by molar-refractivity contribution is 7.92. The molecule has 1 aliphatic heterocycles. The lowest BCUT2D eigenvalue weighted by Gasteiger charge is -2.24. The predicted molar refractivity (Wildman–Crippen MR) is 142 cm³/mol. The van der Waals surface area contributed by atoms with Crippen LogP contribution >= 0.6 is 0 Å². The van der Waals surface area contributed by atoms with E-state index in [2.05, 4.69) is 15.6 Å². The molecule has 39 heavy (non-hydrogen) atoms. The number of aromatic nitrogens is 2. The lowest BCUT2D eigenvalue weighted by molar-refractivity contribution is -0.147. The first kappa shape index (κ1) is 28.7. The highest BCUT2D eigenvalue weighted by Crippen LogP contribution is 2.35. The number of rotatable bonds is 6. The summed E-state index contributed by atoms with van der Waals surface area (Å²) < 4.78 is 75.6. The fraction of sp³-hybridized carbons (Fsp3) is 0.462. The van der Waals surface area contributed by atoms with Gasteiger partial charge in [-0.25, -0.2) is 18.2 Å². The van der Waals surface area contributed by atoms with Gasteiger partial charge in [0.1, 0.15) is 0 Å². The van der Waals surface area contributed by atoms with Gasteiger partial charge in [-0.2, -0.15) is 13.2 Å². The SMILES string of the molecule is CN(c1ccc2c(c1)nc(C(F)(F)F)n2CC1CCOCC1)S(=O)(=O)c1ccc(NC(=O)NC(C)(C)C)cc1. The Kier molecular flexibility index (Phi) is 7.86. The molecule has 2 N–H and O–H groups in total. The van der Waals surface area contributed by atoms with Crippen LogP contribution in [0.15, 0.2) is 47.4 Å². The number of urea groups is 1. The molecule has 212 valence electrons. The van der Waals surface area contributed by atoms with E-state index < -0.39 is 33.6 Å². The molecule has 0 spiro atoms. The number of carbonyl (C=O) groups excluding carboxylic acids is 1. The third-order valence-electron chi connectivity index (χ3n) is 6.39. The molecule has 9 nitrogen and oxygen atoms in total. The first-order chi connectivity index (χ1) is 18.1. The maximum Gasteiger partial charge on any atom is 0.449 e. The second kappa shape index (κ2) is 10.7. The van der Waals surface area contributed by atoms with Crippen molar-refractivity contribution in [1.29, 1.82) is 0 Å². The molecule has 2 amide bonds. The summed E-state index contributed by atoms with van der Waals surface area (Å²) >= 11 is 0. The number of imidazole rings is 1. The van der Waals surface area contributed by atoms with Crippen molar-refractivity contribution in [2.45, 2.75) is 56.8 Å². The van der Waals surface area contributed by atoms with Crippen molar-refractivity contribution in [3.05, 3.63) is 48.3 Å². The molecular formula is C26H32F3N5O4S. The summed E-state index contributed by atoms with van der Waals surface area (Å²) in [6.07, 6.45) is -3.35. The van der Waals surface area contributed by atoms with Crippen LogP contribution in [-0.4, -0.2) is 49.8 Å². The van der Waals surface area contributed by atoms with E-state index in [1.54, 1.807) is 0 Å². The number of sulfonamides is 1. The molecule has 0 atom stereocenters. The third-order valence-corrected chi connectivity index (χ3v) is 8.19. The monoisotopic (exact) mass is 567 g/mol. The molecule has 13 heteroatoms. The number of benzene rings is 2. The van der Waals surface area contributed by atoms with Crippen molar-refractivity contribution in [2.75, 3.05) is 29.9 Å². The highest BCUT2D eigenvalue weighted by Gasteiger charge is 2.38. The third kappa shape index (κ3) is 6.64. The minimum atomic E-state index is -4.66. The Hall–Kier alpha value is -3.32. The van der Waals surface area contributed by atoms with E-state index in [9.17, 15) is 26.4 Å². The Bertz CT molecular complexity index is 1440. The van der Waals surface area contributed by atoms with Gasteiger partial charge < -0.3 is 19.9 Å². The molecule has 0 aliphatic carbocycles. The Labute approximate surface area is 225 Å². The quantitative estimate of drug-likeness (QED) is 0.425. The number of anilines is 2. The standard InChI is InChI=1S/C26H32F3N5O4S/c1-25(2,3)32-24(35)30-18-5-8-20(9-6-18)39(36,37)33(4)19-7-10-22-21(15-19)31-23(26(27,28)29)34(22)16-17-11-13-38-14-12-17/h5-10,15,17H,11-14,16H2,1-4H3,(H2,30,32,35). The van der Waals surface area contributed by atoms with E-state index in [0.717, 1.165) is 4.31 Å². The Morgan fingerprint density at radius 3 is 2.33 bits per heavy atom. The fourth-order valence-electron chi connectivity index (χ4n) is 4.41. The molecule has 3 aromatic rings. The zero-order valence-corrected chi connectivity index (χ0v) is 23.0. The maximum absolute atomic E-state index is 13.9. The van der Waals surface area contributed by atoms with Gasteiger partial charge in [0, 0.05) is 38.0 Å². The van der Waals surface area contributed by atoms with Gasteiger partial charge in [0.2, 0.25) is 5.82 Å². The number of hydrogen-bond acceptors (Lipinski definition) is 5. The molecule has 1 aromatic heterocycles. The molecule has 0 radical (unpaired) electrons. The summed E-state index contributed by atoms with van der Waals surface area (Å²) in [4.78, 5) is 15.9. The van der Waals surface area contributed by atoms with Crippen LogP contribution in [0.1, 0.15) is 39.4 Å². The van der Waals surface area contributed by atoms with E-state index in [-0.39, 0.29) is 34.1 Å². The maximum atomic E-state index is 13.9. The van der Waals surface area contributed by atoms with Crippen molar-refractivity contribution in [3.8, 4) is 0 Å².